The summed E-state index contributed by atoms with van der Waals surface area (Å²) < 4.78 is 6.56. The molecule has 2 aliphatic carbocycles. The molecule has 1 aromatic heterocycles. The molecule has 0 amide bonds. The Kier molecular flexibility index (Phi) is 6.28. The van der Waals surface area contributed by atoms with E-state index in [2.05, 4.69) is 200 Å². The van der Waals surface area contributed by atoms with Crippen molar-refractivity contribution in [3.63, 3.8) is 0 Å². The van der Waals surface area contributed by atoms with Crippen LogP contribution < -0.4 is 0 Å². The SMILES string of the molecule is c1ccc2c(c1)-c1ccccc1C21c2cc(-c3c4ccccc4cc4c3ccc3ccccc34)ccc2-c2c1cc1ccccc1c2-c1ccc2c(c1)oc1ccccc12. The van der Waals surface area contributed by atoms with E-state index in [4.69, 9.17) is 4.42 Å². The van der Waals surface area contributed by atoms with Gasteiger partial charge < -0.3 is 4.42 Å². The molecule has 276 valence electrons. The number of fused-ring (bicyclic) bond motifs is 18. The van der Waals surface area contributed by atoms with E-state index in [0.717, 1.165) is 27.5 Å². The summed E-state index contributed by atoms with van der Waals surface area (Å²) in [6, 6.07) is 77.1. The lowest BCUT2D eigenvalue weighted by Crippen LogP contribution is -2.26. The number of hydrogen-bond donors (Lipinski definition) is 0. The third-order valence-electron chi connectivity index (χ3n) is 13.8. The summed E-state index contributed by atoms with van der Waals surface area (Å²) in [7, 11) is 0. The van der Waals surface area contributed by atoms with E-state index < -0.39 is 5.41 Å². The van der Waals surface area contributed by atoms with Crippen LogP contribution in [0.4, 0.5) is 0 Å². The summed E-state index contributed by atoms with van der Waals surface area (Å²) >= 11 is 0. The second kappa shape index (κ2) is 11.7. The van der Waals surface area contributed by atoms with Crippen LogP contribution in [0.25, 0.3) is 110 Å². The number of rotatable bonds is 2. The molecule has 11 aromatic carbocycles. The Morgan fingerprint density at radius 3 is 1.62 bits per heavy atom. The Balaban J connectivity index is 1.14. The van der Waals surface area contributed by atoms with Gasteiger partial charge in [-0.25, -0.2) is 0 Å². The molecule has 0 bridgehead atoms. The highest BCUT2D eigenvalue weighted by atomic mass is 16.3. The molecular formula is C59H34O. The van der Waals surface area contributed by atoms with Gasteiger partial charge in [-0.1, -0.05) is 170 Å². The van der Waals surface area contributed by atoms with Crippen LogP contribution in [0.15, 0.2) is 211 Å². The van der Waals surface area contributed by atoms with Crippen molar-refractivity contribution < 1.29 is 4.42 Å². The maximum Gasteiger partial charge on any atom is 0.136 e. The first-order valence-electron chi connectivity index (χ1n) is 20.9. The zero-order valence-corrected chi connectivity index (χ0v) is 32.5. The fourth-order valence-corrected chi connectivity index (χ4v) is 11.4. The maximum atomic E-state index is 6.56. The lowest BCUT2D eigenvalue weighted by atomic mass is 9.69. The monoisotopic (exact) mass is 758 g/mol. The summed E-state index contributed by atoms with van der Waals surface area (Å²) in [5.41, 5.74) is 16.7. The Morgan fingerprint density at radius 2 is 0.833 bits per heavy atom. The largest absolute Gasteiger partial charge is 0.456 e. The van der Waals surface area contributed by atoms with Gasteiger partial charge in [-0.05, 0) is 146 Å². The maximum absolute atomic E-state index is 6.56. The highest BCUT2D eigenvalue weighted by Crippen LogP contribution is 2.65. The predicted octanol–water partition coefficient (Wildman–Crippen LogP) is 15.9. The molecule has 1 spiro atoms. The lowest BCUT2D eigenvalue weighted by molar-refractivity contribution is 0.669. The summed E-state index contributed by atoms with van der Waals surface area (Å²) in [6.07, 6.45) is 0. The lowest BCUT2D eigenvalue weighted by Gasteiger charge is -2.31. The summed E-state index contributed by atoms with van der Waals surface area (Å²) in [4.78, 5) is 0. The van der Waals surface area contributed by atoms with Crippen molar-refractivity contribution in [2.24, 2.45) is 0 Å². The number of hydrogen-bond acceptors (Lipinski definition) is 1. The number of furan rings is 1. The van der Waals surface area contributed by atoms with E-state index >= 15 is 0 Å². The Labute approximate surface area is 346 Å². The number of benzene rings is 11. The molecule has 1 heteroatoms. The molecule has 0 unspecified atom stereocenters. The normalized spacial score (nSPS) is 13.5. The topological polar surface area (TPSA) is 13.1 Å². The molecule has 2 aliphatic rings. The first kappa shape index (κ1) is 32.2. The minimum absolute atomic E-state index is 0.538. The van der Waals surface area contributed by atoms with Crippen molar-refractivity contribution in [3.8, 4) is 44.5 Å². The summed E-state index contributed by atoms with van der Waals surface area (Å²) in [5, 5.41) is 12.4. The van der Waals surface area contributed by atoms with Crippen molar-refractivity contribution >= 4 is 65.0 Å². The average Bonchev–Trinajstić information content (AvgIpc) is 3.93. The van der Waals surface area contributed by atoms with Crippen LogP contribution in [0.1, 0.15) is 22.3 Å². The van der Waals surface area contributed by atoms with Gasteiger partial charge in [0.2, 0.25) is 0 Å². The first-order chi connectivity index (χ1) is 29.8. The molecule has 12 aromatic rings. The standard InChI is InChI=1S/C59H34O/c1-4-16-40-35(13-1)25-29-47-49(40)31-36-14-2-5-17-41(36)56(47)38-27-30-48-52(33-38)59(50-22-10-7-19-43(50)44-20-8-11-23-51(44)59)53-32-37-15-3-6-18-42(37)57(58(48)53)39-26-28-46-45-21-9-12-24-54(45)60-55(46)34-39/h1-34H. The van der Waals surface area contributed by atoms with E-state index in [0.29, 0.717) is 0 Å². The molecule has 60 heavy (non-hydrogen) atoms. The molecule has 0 saturated carbocycles. The van der Waals surface area contributed by atoms with Gasteiger partial charge in [0.05, 0.1) is 5.41 Å². The van der Waals surface area contributed by atoms with Gasteiger partial charge in [-0.15, -0.1) is 0 Å². The highest BCUT2D eigenvalue weighted by Gasteiger charge is 2.52. The van der Waals surface area contributed by atoms with Gasteiger partial charge in [0.25, 0.3) is 0 Å². The van der Waals surface area contributed by atoms with Crippen LogP contribution in [-0.2, 0) is 5.41 Å². The third kappa shape index (κ3) is 4.06. The second-order valence-electron chi connectivity index (χ2n) is 16.7. The molecule has 1 heterocycles. The Morgan fingerprint density at radius 1 is 0.267 bits per heavy atom. The molecule has 0 aliphatic heterocycles. The highest BCUT2D eigenvalue weighted by molar-refractivity contribution is 6.21. The van der Waals surface area contributed by atoms with E-state index in [1.165, 1.54) is 104 Å². The van der Waals surface area contributed by atoms with Crippen LogP contribution in [0.3, 0.4) is 0 Å². The van der Waals surface area contributed by atoms with E-state index in [1.807, 2.05) is 6.07 Å². The van der Waals surface area contributed by atoms with Crippen LogP contribution in [0.5, 0.6) is 0 Å². The van der Waals surface area contributed by atoms with Gasteiger partial charge in [-0.2, -0.15) is 0 Å². The third-order valence-corrected chi connectivity index (χ3v) is 13.8. The van der Waals surface area contributed by atoms with Crippen molar-refractivity contribution in [1.29, 1.82) is 0 Å². The van der Waals surface area contributed by atoms with Crippen LogP contribution in [0, 0.1) is 0 Å². The second-order valence-corrected chi connectivity index (χ2v) is 16.7. The zero-order valence-electron chi connectivity index (χ0n) is 32.5. The zero-order chi connectivity index (χ0) is 39.1. The van der Waals surface area contributed by atoms with E-state index in [1.54, 1.807) is 0 Å². The van der Waals surface area contributed by atoms with Crippen LogP contribution in [-0.4, -0.2) is 0 Å². The average molecular weight is 759 g/mol. The van der Waals surface area contributed by atoms with Crippen molar-refractivity contribution in [2.75, 3.05) is 0 Å². The Hall–Kier alpha value is -7.74. The van der Waals surface area contributed by atoms with E-state index in [-0.39, 0.29) is 0 Å². The van der Waals surface area contributed by atoms with Crippen molar-refractivity contribution in [3.05, 3.63) is 229 Å². The Bertz CT molecular complexity index is 3800. The molecule has 0 radical (unpaired) electrons. The smallest absolute Gasteiger partial charge is 0.136 e. The predicted molar refractivity (Wildman–Crippen MR) is 251 cm³/mol. The van der Waals surface area contributed by atoms with Gasteiger partial charge in [0.15, 0.2) is 0 Å². The minimum atomic E-state index is -0.538. The molecule has 14 rings (SSSR count). The van der Waals surface area contributed by atoms with Gasteiger partial charge in [0, 0.05) is 10.8 Å². The first-order valence-corrected chi connectivity index (χ1v) is 20.9. The van der Waals surface area contributed by atoms with Crippen LogP contribution >= 0.6 is 0 Å². The van der Waals surface area contributed by atoms with Crippen molar-refractivity contribution in [1.82, 2.24) is 0 Å². The summed E-state index contributed by atoms with van der Waals surface area (Å²) in [5.74, 6) is 0. The molecule has 0 N–H and O–H groups in total. The van der Waals surface area contributed by atoms with Gasteiger partial charge in [0.1, 0.15) is 11.2 Å². The van der Waals surface area contributed by atoms with Gasteiger partial charge >= 0.3 is 0 Å². The molecule has 1 nitrogen and oxygen atoms in total. The fraction of sp³-hybridized carbons (Fsp3) is 0.0169. The molecule has 0 atom stereocenters. The van der Waals surface area contributed by atoms with Gasteiger partial charge in [-0.3, -0.25) is 0 Å². The number of para-hydroxylation sites is 1. The van der Waals surface area contributed by atoms with E-state index in [9.17, 15) is 0 Å². The minimum Gasteiger partial charge on any atom is -0.456 e. The quantitative estimate of drug-likeness (QED) is 0.126. The van der Waals surface area contributed by atoms with Crippen molar-refractivity contribution in [2.45, 2.75) is 5.41 Å². The molecular weight excluding hydrogens is 725 g/mol. The molecule has 0 saturated heterocycles. The summed E-state index contributed by atoms with van der Waals surface area (Å²) in [6.45, 7) is 0. The fourth-order valence-electron chi connectivity index (χ4n) is 11.4. The van der Waals surface area contributed by atoms with Crippen LogP contribution in [0.2, 0.25) is 0 Å². The molecule has 0 fully saturated rings.